The van der Waals surface area contributed by atoms with Gasteiger partial charge in [-0.3, -0.25) is 0 Å². The second-order valence-corrected chi connectivity index (χ2v) is 4.65. The maximum atomic E-state index is 12.3. The number of alkyl halides is 3. The molecule has 1 aromatic carbocycles. The number of nitrogens with two attached hydrogens (primary N) is 1. The third-order valence-corrected chi connectivity index (χ3v) is 3.08. The van der Waals surface area contributed by atoms with Gasteiger partial charge in [-0.15, -0.1) is 12.4 Å². The number of benzene rings is 1. The molecule has 0 aliphatic rings. The Labute approximate surface area is 123 Å². The predicted octanol–water partition coefficient (Wildman–Crippen LogP) is 3.19. The van der Waals surface area contributed by atoms with Crippen molar-refractivity contribution in [3.8, 4) is 5.75 Å². The van der Waals surface area contributed by atoms with E-state index in [0.29, 0.717) is 15.8 Å². The van der Waals surface area contributed by atoms with E-state index in [2.05, 4.69) is 15.9 Å². The number of hydrogen-bond donors (Lipinski definition) is 2. The molecule has 0 saturated carbocycles. The molecule has 0 bridgehead atoms. The van der Waals surface area contributed by atoms with Gasteiger partial charge in [-0.25, -0.2) is 0 Å². The van der Waals surface area contributed by atoms with E-state index in [0.717, 1.165) is 0 Å². The summed E-state index contributed by atoms with van der Waals surface area (Å²) in [4.78, 5) is 0. The number of rotatable bonds is 4. The van der Waals surface area contributed by atoms with Gasteiger partial charge in [-0.2, -0.15) is 13.2 Å². The smallest absolute Gasteiger partial charge is 0.403 e. The van der Waals surface area contributed by atoms with E-state index in [4.69, 9.17) is 10.5 Å². The Balaban J connectivity index is 0.00000324. The number of aliphatic hydroxyl groups excluding tert-OH is 1. The zero-order valence-corrected chi connectivity index (χ0v) is 12.3. The van der Waals surface area contributed by atoms with Crippen LogP contribution in [0.2, 0.25) is 0 Å². The van der Waals surface area contributed by atoms with Crippen LogP contribution in [-0.4, -0.2) is 24.4 Å². The van der Waals surface area contributed by atoms with Gasteiger partial charge in [0, 0.05) is 6.42 Å². The summed E-state index contributed by atoms with van der Waals surface area (Å²) in [7, 11) is 1.47. The maximum absolute atomic E-state index is 12.3. The van der Waals surface area contributed by atoms with Gasteiger partial charge in [0.1, 0.15) is 11.8 Å². The van der Waals surface area contributed by atoms with Gasteiger partial charge in [0.2, 0.25) is 0 Å². The van der Waals surface area contributed by atoms with Gasteiger partial charge in [-0.1, -0.05) is 6.07 Å². The molecular formula is C11H14BrClF3NO2. The quantitative estimate of drug-likeness (QED) is 0.863. The fraction of sp³-hybridized carbons (Fsp3) is 0.455. The normalized spacial score (nSPS) is 14.5. The molecule has 0 aromatic heterocycles. The predicted molar refractivity (Wildman–Crippen MR) is 71.5 cm³/mol. The molecular weight excluding hydrogens is 350 g/mol. The van der Waals surface area contributed by atoms with E-state index in [-0.39, 0.29) is 12.4 Å². The van der Waals surface area contributed by atoms with Crippen LogP contribution in [0.5, 0.6) is 5.75 Å². The molecule has 1 aromatic rings. The van der Waals surface area contributed by atoms with Crippen molar-refractivity contribution in [3.05, 3.63) is 28.2 Å². The summed E-state index contributed by atoms with van der Waals surface area (Å²) in [6.45, 7) is 0. The molecule has 0 fully saturated rings. The maximum Gasteiger partial charge on any atom is 0.403 e. The van der Waals surface area contributed by atoms with Crippen molar-refractivity contribution in [1.29, 1.82) is 0 Å². The second-order valence-electron chi connectivity index (χ2n) is 3.79. The molecule has 0 amide bonds. The zero-order chi connectivity index (χ0) is 13.9. The Morgan fingerprint density at radius 1 is 1.42 bits per heavy atom. The van der Waals surface area contributed by atoms with Crippen molar-refractivity contribution in [1.82, 2.24) is 0 Å². The SMILES string of the molecule is COc1ccc([C@@H](O)C[C@H](N)C(F)(F)F)cc1Br.Cl. The van der Waals surface area contributed by atoms with Gasteiger partial charge >= 0.3 is 6.18 Å². The van der Waals surface area contributed by atoms with Crippen molar-refractivity contribution >= 4 is 28.3 Å². The summed E-state index contributed by atoms with van der Waals surface area (Å²) in [6, 6.07) is 2.51. The van der Waals surface area contributed by atoms with Gasteiger partial charge in [0.15, 0.2) is 0 Å². The first kappa shape index (κ1) is 18.5. The standard InChI is InChI=1S/C11H13BrF3NO2.ClH/c1-18-9-3-2-6(4-7(9)12)8(17)5-10(16)11(13,14)15;/h2-4,8,10,17H,5,16H2,1H3;1H/t8-,10-;/m0./s1. The summed E-state index contributed by atoms with van der Waals surface area (Å²) in [5.41, 5.74) is 5.31. The Bertz CT molecular complexity index is 417. The van der Waals surface area contributed by atoms with Crippen LogP contribution in [0.15, 0.2) is 22.7 Å². The molecule has 19 heavy (non-hydrogen) atoms. The van der Waals surface area contributed by atoms with Crippen LogP contribution in [0.3, 0.4) is 0 Å². The lowest BCUT2D eigenvalue weighted by atomic mass is 10.0. The summed E-state index contributed by atoms with van der Waals surface area (Å²) in [5, 5.41) is 9.70. The van der Waals surface area contributed by atoms with E-state index < -0.39 is 24.7 Å². The van der Waals surface area contributed by atoms with Gasteiger partial charge < -0.3 is 15.6 Å². The number of hydrogen-bond acceptors (Lipinski definition) is 3. The lowest BCUT2D eigenvalue weighted by Gasteiger charge is -2.19. The van der Waals surface area contributed by atoms with E-state index >= 15 is 0 Å². The first-order valence-electron chi connectivity index (χ1n) is 5.09. The first-order chi connectivity index (χ1) is 8.25. The zero-order valence-electron chi connectivity index (χ0n) is 9.95. The fourth-order valence-electron chi connectivity index (χ4n) is 1.40. The molecule has 0 unspecified atom stereocenters. The van der Waals surface area contributed by atoms with Crippen LogP contribution in [0, 0.1) is 0 Å². The monoisotopic (exact) mass is 363 g/mol. The minimum Gasteiger partial charge on any atom is -0.496 e. The Kier molecular flexibility index (Phi) is 7.13. The van der Waals surface area contributed by atoms with Crippen LogP contribution in [0.1, 0.15) is 18.1 Å². The molecule has 2 atom stereocenters. The first-order valence-corrected chi connectivity index (χ1v) is 5.88. The van der Waals surface area contributed by atoms with Crippen molar-refractivity contribution < 1.29 is 23.0 Å². The average Bonchev–Trinajstić information content (AvgIpc) is 2.27. The summed E-state index contributed by atoms with van der Waals surface area (Å²) < 4.78 is 42.3. The van der Waals surface area contributed by atoms with Crippen LogP contribution in [0.4, 0.5) is 13.2 Å². The highest BCUT2D eigenvalue weighted by Crippen LogP contribution is 2.31. The van der Waals surface area contributed by atoms with Crippen molar-refractivity contribution in [2.24, 2.45) is 5.73 Å². The highest BCUT2D eigenvalue weighted by molar-refractivity contribution is 9.10. The number of aliphatic hydroxyl groups is 1. The van der Waals surface area contributed by atoms with E-state index in [1.807, 2.05) is 0 Å². The molecule has 110 valence electrons. The highest BCUT2D eigenvalue weighted by Gasteiger charge is 2.37. The van der Waals surface area contributed by atoms with E-state index in [9.17, 15) is 18.3 Å². The van der Waals surface area contributed by atoms with Gasteiger partial charge in [0.25, 0.3) is 0 Å². The molecule has 0 radical (unpaired) electrons. The molecule has 1 rings (SSSR count). The molecule has 3 N–H and O–H groups in total. The summed E-state index contributed by atoms with van der Waals surface area (Å²) in [5.74, 6) is 0.533. The van der Waals surface area contributed by atoms with Gasteiger partial charge in [-0.05, 0) is 33.6 Å². The topological polar surface area (TPSA) is 55.5 Å². The lowest BCUT2D eigenvalue weighted by Crippen LogP contribution is -2.38. The molecule has 0 spiro atoms. The largest absolute Gasteiger partial charge is 0.496 e. The summed E-state index contributed by atoms with van der Waals surface area (Å²) >= 11 is 3.19. The number of methoxy groups -OCH3 is 1. The fourth-order valence-corrected chi connectivity index (χ4v) is 1.96. The van der Waals surface area contributed by atoms with Crippen molar-refractivity contribution in [2.75, 3.05) is 7.11 Å². The Hall–Kier alpha value is -0.500. The third-order valence-electron chi connectivity index (χ3n) is 2.46. The van der Waals surface area contributed by atoms with Crippen LogP contribution in [0.25, 0.3) is 0 Å². The minimum atomic E-state index is -4.51. The van der Waals surface area contributed by atoms with Crippen LogP contribution < -0.4 is 10.5 Å². The molecule has 8 heteroatoms. The Morgan fingerprint density at radius 3 is 2.42 bits per heavy atom. The third kappa shape index (κ3) is 5.18. The van der Waals surface area contributed by atoms with E-state index in [1.54, 1.807) is 6.07 Å². The summed E-state index contributed by atoms with van der Waals surface area (Å²) in [6.07, 6.45) is -6.36. The van der Waals surface area contributed by atoms with Crippen molar-refractivity contribution in [2.45, 2.75) is 24.7 Å². The van der Waals surface area contributed by atoms with E-state index in [1.165, 1.54) is 19.2 Å². The number of halogens is 5. The average molecular weight is 365 g/mol. The molecule has 0 aliphatic heterocycles. The number of ether oxygens (including phenoxy) is 1. The van der Waals surface area contributed by atoms with Crippen LogP contribution >= 0.6 is 28.3 Å². The molecule has 0 heterocycles. The lowest BCUT2D eigenvalue weighted by molar-refractivity contribution is -0.153. The second kappa shape index (κ2) is 7.33. The minimum absolute atomic E-state index is 0. The molecule has 0 aliphatic carbocycles. The van der Waals surface area contributed by atoms with Crippen LogP contribution in [-0.2, 0) is 0 Å². The highest BCUT2D eigenvalue weighted by atomic mass is 79.9. The molecule has 0 saturated heterocycles. The molecule has 3 nitrogen and oxygen atoms in total. The van der Waals surface area contributed by atoms with Gasteiger partial charge in [0.05, 0.1) is 17.7 Å². The Morgan fingerprint density at radius 2 is 2.00 bits per heavy atom. The van der Waals surface area contributed by atoms with Crippen molar-refractivity contribution in [3.63, 3.8) is 0 Å².